The molecule has 0 radical (unpaired) electrons. The van der Waals surface area contributed by atoms with Crippen LogP contribution in [0.15, 0.2) is 24.3 Å². The van der Waals surface area contributed by atoms with Crippen molar-refractivity contribution in [1.82, 2.24) is 0 Å². The maximum atomic E-state index is 11.7. The second kappa shape index (κ2) is 7.97. The molecule has 3 atom stereocenters. The lowest BCUT2D eigenvalue weighted by Gasteiger charge is -2.30. The lowest BCUT2D eigenvalue weighted by Crippen LogP contribution is -2.29. The molecule has 6 nitrogen and oxygen atoms in total. The predicted molar refractivity (Wildman–Crippen MR) is 81.2 cm³/mol. The highest BCUT2D eigenvalue weighted by Gasteiger charge is 2.28. The molecule has 3 unspecified atom stereocenters. The molecule has 126 valence electrons. The summed E-state index contributed by atoms with van der Waals surface area (Å²) in [6, 6.07) is 6.76. The Morgan fingerprint density at radius 3 is 2.57 bits per heavy atom. The van der Waals surface area contributed by atoms with Crippen LogP contribution in [-0.4, -0.2) is 18.2 Å². The van der Waals surface area contributed by atoms with E-state index in [9.17, 15) is 9.59 Å². The van der Waals surface area contributed by atoms with Crippen LogP contribution in [0, 0.1) is 18.8 Å². The van der Waals surface area contributed by atoms with Crippen molar-refractivity contribution in [3.8, 4) is 0 Å². The largest absolute Gasteiger partial charge is 0.543 e. The molecule has 0 saturated heterocycles. The summed E-state index contributed by atoms with van der Waals surface area (Å²) in [6.07, 6.45) is 1.39. The van der Waals surface area contributed by atoms with Gasteiger partial charge >= 0.3 is 12.1 Å². The molecule has 1 saturated carbocycles. The molecular formula is C17H22O6. The van der Waals surface area contributed by atoms with Crippen LogP contribution in [0.25, 0.3) is 0 Å². The van der Waals surface area contributed by atoms with Gasteiger partial charge in [0.1, 0.15) is 6.10 Å². The smallest absolute Gasteiger partial charge is 0.429 e. The minimum Gasteiger partial charge on any atom is -0.429 e. The Hall–Kier alpha value is -2.08. The van der Waals surface area contributed by atoms with Gasteiger partial charge in [0.15, 0.2) is 0 Å². The summed E-state index contributed by atoms with van der Waals surface area (Å²) in [5, 5.41) is 4.22. The number of hydrogen-bond donors (Lipinski definition) is 0. The second-order valence-electron chi connectivity index (χ2n) is 6.15. The van der Waals surface area contributed by atoms with Crippen LogP contribution in [0.1, 0.15) is 49.0 Å². The normalized spacial score (nSPS) is 23.9. The molecule has 0 amide bonds. The molecule has 1 aliphatic rings. The summed E-state index contributed by atoms with van der Waals surface area (Å²) in [6.45, 7) is 6.16. The molecule has 0 spiro atoms. The summed E-state index contributed by atoms with van der Waals surface area (Å²) in [7, 11) is 0. The Morgan fingerprint density at radius 1 is 1.09 bits per heavy atom. The summed E-state index contributed by atoms with van der Waals surface area (Å²) in [4.78, 5) is 31.9. The first-order valence-corrected chi connectivity index (χ1v) is 7.78. The first kappa shape index (κ1) is 17.3. The molecule has 1 aromatic rings. The summed E-state index contributed by atoms with van der Waals surface area (Å²) in [5.74, 6) is 0.362. The van der Waals surface area contributed by atoms with Gasteiger partial charge in [0.05, 0.1) is 10.6 Å². The molecule has 0 aliphatic heterocycles. The lowest BCUT2D eigenvalue weighted by atomic mass is 9.80. The van der Waals surface area contributed by atoms with Crippen molar-refractivity contribution in [1.29, 1.82) is 0 Å². The van der Waals surface area contributed by atoms with E-state index in [-0.39, 0.29) is 6.10 Å². The number of hydrogen-bond acceptors (Lipinski definition) is 6. The Balaban J connectivity index is 1.69. The highest BCUT2D eigenvalue weighted by molar-refractivity contribution is 5.89. The third-order valence-electron chi connectivity index (χ3n) is 4.28. The van der Waals surface area contributed by atoms with E-state index in [2.05, 4.69) is 28.7 Å². The van der Waals surface area contributed by atoms with Crippen LogP contribution in [0.4, 0.5) is 4.79 Å². The van der Waals surface area contributed by atoms with Crippen LogP contribution in [0.5, 0.6) is 0 Å². The van der Waals surface area contributed by atoms with Crippen molar-refractivity contribution in [3.63, 3.8) is 0 Å². The number of aryl methyl sites for hydroxylation is 1. The molecule has 23 heavy (non-hydrogen) atoms. The Morgan fingerprint density at radius 2 is 1.87 bits per heavy atom. The second-order valence-corrected chi connectivity index (χ2v) is 6.15. The minimum absolute atomic E-state index is 0.190. The highest BCUT2D eigenvalue weighted by Crippen LogP contribution is 2.31. The summed E-state index contributed by atoms with van der Waals surface area (Å²) < 4.78 is 5.14. The molecule has 1 aromatic carbocycles. The fraction of sp³-hybridized carbons (Fsp3) is 0.529. The number of ether oxygens (including phenoxy) is 1. The summed E-state index contributed by atoms with van der Waals surface area (Å²) in [5.41, 5.74) is 1.21. The van der Waals surface area contributed by atoms with Crippen molar-refractivity contribution in [3.05, 3.63) is 35.4 Å². The maximum absolute atomic E-state index is 11.7. The van der Waals surface area contributed by atoms with Gasteiger partial charge in [-0.3, -0.25) is 4.89 Å². The summed E-state index contributed by atoms with van der Waals surface area (Å²) >= 11 is 0. The van der Waals surface area contributed by atoms with Crippen molar-refractivity contribution < 1.29 is 29.1 Å². The molecule has 1 fully saturated rings. The minimum atomic E-state index is -1.01. The zero-order chi connectivity index (χ0) is 16.8. The third-order valence-corrected chi connectivity index (χ3v) is 4.28. The molecule has 0 heterocycles. The quantitative estimate of drug-likeness (QED) is 0.474. The lowest BCUT2D eigenvalue weighted by molar-refractivity contribution is -0.453. The van der Waals surface area contributed by atoms with E-state index in [4.69, 9.17) is 4.74 Å². The van der Waals surface area contributed by atoms with Crippen molar-refractivity contribution in [2.24, 2.45) is 11.8 Å². The Bertz CT molecular complexity index is 556. The first-order valence-electron chi connectivity index (χ1n) is 7.78. The number of carbonyl (C=O) groups excluding carboxylic acids is 2. The van der Waals surface area contributed by atoms with Crippen molar-refractivity contribution in [2.75, 3.05) is 0 Å². The molecule has 0 N–H and O–H groups in total. The molecule has 2 rings (SSSR count). The Labute approximate surface area is 135 Å². The Kier molecular flexibility index (Phi) is 5.98. The van der Waals surface area contributed by atoms with Crippen LogP contribution in [-0.2, 0) is 19.6 Å². The number of carbonyl (C=O) groups is 2. The molecule has 0 aromatic heterocycles. The zero-order valence-corrected chi connectivity index (χ0v) is 13.6. The van der Waals surface area contributed by atoms with Gasteiger partial charge in [0, 0.05) is 0 Å². The fourth-order valence-electron chi connectivity index (χ4n) is 2.66. The topological polar surface area (TPSA) is 71.1 Å². The average molecular weight is 322 g/mol. The average Bonchev–Trinajstić information content (AvgIpc) is 2.51. The van der Waals surface area contributed by atoms with Crippen LogP contribution in [0.3, 0.4) is 0 Å². The maximum Gasteiger partial charge on any atom is 0.543 e. The van der Waals surface area contributed by atoms with E-state index in [1.807, 2.05) is 13.0 Å². The standard InChI is InChI=1S/C17H22O6/c1-11-5-4-6-14(9-11)16(18)21-23-22-17(19)20-15-8-7-12(2)13(3)10-15/h4-6,9,12-13,15H,7-8,10H2,1-3H3. The number of benzene rings is 1. The van der Waals surface area contributed by atoms with Gasteiger partial charge in [-0.2, -0.15) is 0 Å². The molecular weight excluding hydrogens is 300 g/mol. The van der Waals surface area contributed by atoms with E-state index in [1.165, 1.54) is 0 Å². The van der Waals surface area contributed by atoms with Crippen LogP contribution >= 0.6 is 0 Å². The SMILES string of the molecule is Cc1cccc(C(=O)OOOC(=O)OC2CCC(C)C(C)C2)c1. The van der Waals surface area contributed by atoms with Gasteiger partial charge in [-0.1, -0.05) is 31.5 Å². The van der Waals surface area contributed by atoms with E-state index in [1.54, 1.807) is 18.2 Å². The predicted octanol–water partition coefficient (Wildman–Crippen LogP) is 3.98. The van der Waals surface area contributed by atoms with Crippen LogP contribution < -0.4 is 0 Å². The molecule has 0 bridgehead atoms. The monoisotopic (exact) mass is 322 g/mol. The van der Waals surface area contributed by atoms with Gasteiger partial charge in [0.25, 0.3) is 0 Å². The van der Waals surface area contributed by atoms with Crippen LogP contribution in [0.2, 0.25) is 0 Å². The van der Waals surface area contributed by atoms with Gasteiger partial charge in [0.2, 0.25) is 0 Å². The first-order chi connectivity index (χ1) is 11.0. The molecule has 1 aliphatic carbocycles. The van der Waals surface area contributed by atoms with E-state index < -0.39 is 12.1 Å². The number of rotatable bonds is 4. The van der Waals surface area contributed by atoms with E-state index in [0.29, 0.717) is 17.4 Å². The van der Waals surface area contributed by atoms with Crippen molar-refractivity contribution in [2.45, 2.75) is 46.1 Å². The van der Waals surface area contributed by atoms with Gasteiger partial charge in [-0.25, -0.2) is 14.5 Å². The van der Waals surface area contributed by atoms with Gasteiger partial charge in [-0.05, 0) is 50.2 Å². The zero-order valence-electron chi connectivity index (χ0n) is 13.6. The van der Waals surface area contributed by atoms with Gasteiger partial charge < -0.3 is 4.74 Å². The van der Waals surface area contributed by atoms with Gasteiger partial charge in [-0.15, -0.1) is 0 Å². The van der Waals surface area contributed by atoms with Crippen molar-refractivity contribution >= 4 is 12.1 Å². The molecule has 6 heteroatoms. The third kappa shape index (κ3) is 5.25. The van der Waals surface area contributed by atoms with E-state index >= 15 is 0 Å². The fourth-order valence-corrected chi connectivity index (χ4v) is 2.66. The van der Waals surface area contributed by atoms with E-state index in [0.717, 1.165) is 24.8 Å². The highest BCUT2D eigenvalue weighted by atomic mass is 17.5.